The number of nitrogens with zero attached hydrogens (tertiary/aromatic N) is 4. The van der Waals surface area contributed by atoms with E-state index in [0.717, 1.165) is 55.5 Å². The minimum absolute atomic E-state index is 0.628. The summed E-state index contributed by atoms with van der Waals surface area (Å²) in [7, 11) is 0. The van der Waals surface area contributed by atoms with Crippen LogP contribution in [-0.4, -0.2) is 19.9 Å². The molecule has 0 N–H and O–H groups in total. The summed E-state index contributed by atoms with van der Waals surface area (Å²) in [5, 5.41) is 5.97. The van der Waals surface area contributed by atoms with Crippen LogP contribution >= 0.6 is 0 Å². The molecule has 0 aliphatic carbocycles. The third-order valence-electron chi connectivity index (χ3n) is 10.1. The summed E-state index contributed by atoms with van der Waals surface area (Å²) in [6, 6.07) is 67.5. The van der Waals surface area contributed by atoms with Gasteiger partial charge >= 0.3 is 0 Å². The fourth-order valence-corrected chi connectivity index (χ4v) is 7.39. The van der Waals surface area contributed by atoms with Crippen LogP contribution < -0.4 is 0 Å². The predicted octanol–water partition coefficient (Wildman–Crippen LogP) is 12.7. The van der Waals surface area contributed by atoms with Crippen LogP contribution in [0, 0.1) is 0 Å². The first-order valence-electron chi connectivity index (χ1n) is 18.1. The van der Waals surface area contributed by atoms with Crippen LogP contribution in [-0.2, 0) is 0 Å². The molecule has 2 heterocycles. The van der Waals surface area contributed by atoms with Gasteiger partial charge in [-0.25, -0.2) is 19.9 Å². The second-order valence-electron chi connectivity index (χ2n) is 13.5. The lowest BCUT2D eigenvalue weighted by Crippen LogP contribution is -2.00. The smallest absolute Gasteiger partial charge is 0.164 e. The van der Waals surface area contributed by atoms with Crippen LogP contribution in [0.25, 0.3) is 100 Å². The van der Waals surface area contributed by atoms with E-state index in [0.29, 0.717) is 17.5 Å². The molecule has 4 nitrogen and oxygen atoms in total. The van der Waals surface area contributed by atoms with Gasteiger partial charge in [-0.2, -0.15) is 0 Å². The standard InChI is InChI=1S/C50H32N4/c1-3-12-33(13-4-1)34-24-28-39(29-25-34)49-52-48(38-15-5-2-6-16-38)53-50(54-49)41-18-11-17-40(32-41)35-22-26-37(27-23-35)47-46-42-19-8-7-14-36(42)30-31-44(46)43-20-9-10-21-45(43)51-47/h1-32H. The average Bonchev–Trinajstić information content (AvgIpc) is 3.26. The van der Waals surface area contributed by atoms with Crippen molar-refractivity contribution in [2.75, 3.05) is 0 Å². The molecule has 10 aromatic rings. The largest absolute Gasteiger partial charge is 0.247 e. The molecule has 0 unspecified atom stereocenters. The molecule has 0 fully saturated rings. The molecule has 252 valence electrons. The summed E-state index contributed by atoms with van der Waals surface area (Å²) >= 11 is 0. The maximum atomic E-state index is 5.24. The van der Waals surface area contributed by atoms with Gasteiger partial charge in [0.1, 0.15) is 0 Å². The van der Waals surface area contributed by atoms with Crippen molar-refractivity contribution in [3.05, 3.63) is 194 Å². The van der Waals surface area contributed by atoms with Crippen molar-refractivity contribution >= 4 is 32.4 Å². The number of para-hydroxylation sites is 1. The molecule has 0 saturated carbocycles. The SMILES string of the molecule is c1ccc(-c2ccc(-c3nc(-c4ccccc4)nc(-c4cccc(-c5ccc(-c6nc7ccccc7c7ccc8ccccc8c67)cc5)c4)n3)cc2)cc1. The second kappa shape index (κ2) is 13.4. The van der Waals surface area contributed by atoms with Crippen molar-refractivity contribution in [2.24, 2.45) is 0 Å². The van der Waals surface area contributed by atoms with Gasteiger partial charge in [-0.3, -0.25) is 0 Å². The molecular formula is C50H32N4. The lowest BCUT2D eigenvalue weighted by molar-refractivity contribution is 1.07. The fraction of sp³-hybridized carbons (Fsp3) is 0. The van der Waals surface area contributed by atoms with Gasteiger partial charge in [0.05, 0.1) is 11.2 Å². The summed E-state index contributed by atoms with van der Waals surface area (Å²) in [5.74, 6) is 1.90. The Bertz CT molecular complexity index is 2960. The zero-order valence-corrected chi connectivity index (χ0v) is 29.3. The van der Waals surface area contributed by atoms with E-state index in [1.165, 1.54) is 27.1 Å². The van der Waals surface area contributed by atoms with Gasteiger partial charge in [-0.05, 0) is 50.5 Å². The van der Waals surface area contributed by atoms with Crippen LogP contribution in [0.5, 0.6) is 0 Å². The van der Waals surface area contributed by atoms with E-state index in [4.69, 9.17) is 19.9 Å². The predicted molar refractivity (Wildman–Crippen MR) is 223 cm³/mol. The molecule has 0 aliphatic heterocycles. The summed E-state index contributed by atoms with van der Waals surface area (Å²) in [6.07, 6.45) is 0. The van der Waals surface area contributed by atoms with Crippen LogP contribution in [0.15, 0.2) is 194 Å². The van der Waals surface area contributed by atoms with Crippen molar-refractivity contribution in [1.82, 2.24) is 19.9 Å². The van der Waals surface area contributed by atoms with Gasteiger partial charge in [0.2, 0.25) is 0 Å². The second-order valence-corrected chi connectivity index (χ2v) is 13.5. The number of rotatable bonds is 6. The third kappa shape index (κ3) is 5.76. The van der Waals surface area contributed by atoms with Crippen LogP contribution in [0.4, 0.5) is 0 Å². The van der Waals surface area contributed by atoms with Gasteiger partial charge in [-0.1, -0.05) is 182 Å². The number of aromatic nitrogens is 4. The average molecular weight is 689 g/mol. The van der Waals surface area contributed by atoms with Crippen LogP contribution in [0.1, 0.15) is 0 Å². The Morgan fingerprint density at radius 3 is 1.46 bits per heavy atom. The minimum Gasteiger partial charge on any atom is -0.247 e. The summed E-state index contributed by atoms with van der Waals surface area (Å²) < 4.78 is 0. The van der Waals surface area contributed by atoms with Gasteiger partial charge in [0, 0.05) is 33.0 Å². The number of pyridine rings is 1. The molecule has 0 bridgehead atoms. The Kier molecular flexibility index (Phi) is 7.77. The molecule has 0 aliphatic rings. The molecule has 4 heteroatoms. The highest BCUT2D eigenvalue weighted by molar-refractivity contribution is 6.21. The Labute approximate surface area is 313 Å². The number of hydrogen-bond donors (Lipinski definition) is 0. The lowest BCUT2D eigenvalue weighted by atomic mass is 9.94. The number of hydrogen-bond acceptors (Lipinski definition) is 4. The van der Waals surface area contributed by atoms with Crippen molar-refractivity contribution in [2.45, 2.75) is 0 Å². The Morgan fingerprint density at radius 1 is 0.259 bits per heavy atom. The quantitative estimate of drug-likeness (QED) is 0.163. The van der Waals surface area contributed by atoms with Crippen LogP contribution in [0.2, 0.25) is 0 Å². The lowest BCUT2D eigenvalue weighted by Gasteiger charge is -2.13. The van der Waals surface area contributed by atoms with E-state index in [2.05, 4.69) is 158 Å². The minimum atomic E-state index is 0.628. The Balaban J connectivity index is 1.04. The maximum absolute atomic E-state index is 5.24. The highest BCUT2D eigenvalue weighted by atomic mass is 15.0. The molecule has 0 radical (unpaired) electrons. The first-order chi connectivity index (χ1) is 26.7. The zero-order valence-electron chi connectivity index (χ0n) is 29.3. The fourth-order valence-electron chi connectivity index (χ4n) is 7.39. The summed E-state index contributed by atoms with van der Waals surface area (Å²) in [6.45, 7) is 0. The van der Waals surface area contributed by atoms with Gasteiger partial charge in [0.15, 0.2) is 17.5 Å². The molecule has 0 atom stereocenters. The van der Waals surface area contributed by atoms with E-state index in [9.17, 15) is 0 Å². The third-order valence-corrected chi connectivity index (χ3v) is 10.1. The van der Waals surface area contributed by atoms with Crippen molar-refractivity contribution in [1.29, 1.82) is 0 Å². The Hall–Kier alpha value is -7.30. The molecule has 0 amide bonds. The molecule has 8 aromatic carbocycles. The van der Waals surface area contributed by atoms with Gasteiger partial charge < -0.3 is 0 Å². The van der Waals surface area contributed by atoms with E-state index < -0.39 is 0 Å². The first kappa shape index (κ1) is 31.4. The molecule has 0 spiro atoms. The number of benzene rings is 8. The first-order valence-corrected chi connectivity index (χ1v) is 18.1. The number of fused-ring (bicyclic) bond motifs is 5. The highest BCUT2D eigenvalue weighted by Crippen LogP contribution is 2.38. The van der Waals surface area contributed by atoms with E-state index in [-0.39, 0.29) is 0 Å². The topological polar surface area (TPSA) is 51.6 Å². The summed E-state index contributed by atoms with van der Waals surface area (Å²) in [4.78, 5) is 20.2. The zero-order chi connectivity index (χ0) is 35.8. The summed E-state index contributed by atoms with van der Waals surface area (Å²) in [5.41, 5.74) is 10.4. The van der Waals surface area contributed by atoms with Crippen molar-refractivity contribution < 1.29 is 0 Å². The molecule has 2 aromatic heterocycles. The van der Waals surface area contributed by atoms with Gasteiger partial charge in [-0.15, -0.1) is 0 Å². The van der Waals surface area contributed by atoms with E-state index >= 15 is 0 Å². The molecule has 10 rings (SSSR count). The van der Waals surface area contributed by atoms with Crippen molar-refractivity contribution in [3.8, 4) is 67.7 Å². The van der Waals surface area contributed by atoms with Crippen molar-refractivity contribution in [3.63, 3.8) is 0 Å². The normalized spacial score (nSPS) is 11.3. The van der Waals surface area contributed by atoms with Crippen LogP contribution in [0.3, 0.4) is 0 Å². The monoisotopic (exact) mass is 688 g/mol. The molecular weight excluding hydrogens is 657 g/mol. The Morgan fingerprint density at radius 2 is 0.741 bits per heavy atom. The molecule has 54 heavy (non-hydrogen) atoms. The highest BCUT2D eigenvalue weighted by Gasteiger charge is 2.16. The van der Waals surface area contributed by atoms with E-state index in [1.807, 2.05) is 36.4 Å². The molecule has 0 saturated heterocycles. The van der Waals surface area contributed by atoms with E-state index in [1.54, 1.807) is 0 Å². The maximum Gasteiger partial charge on any atom is 0.164 e. The van der Waals surface area contributed by atoms with Gasteiger partial charge in [0.25, 0.3) is 0 Å².